The molecule has 2 heterocycles. The van der Waals surface area contributed by atoms with E-state index in [2.05, 4.69) is 23.5 Å². The van der Waals surface area contributed by atoms with Crippen LogP contribution in [0.1, 0.15) is 39.5 Å². The number of nitrogens with zero attached hydrogens (tertiary/aromatic N) is 2. The van der Waals surface area contributed by atoms with E-state index in [9.17, 15) is 13.2 Å². The minimum Gasteiger partial charge on any atom is -0.483 e. The lowest BCUT2D eigenvalue weighted by atomic mass is 9.94. The fourth-order valence-corrected chi connectivity index (χ4v) is 4.30. The van der Waals surface area contributed by atoms with E-state index in [0.717, 1.165) is 25.9 Å². The second kappa shape index (κ2) is 10.1. The highest BCUT2D eigenvalue weighted by Gasteiger charge is 2.32. The van der Waals surface area contributed by atoms with Crippen LogP contribution in [0.3, 0.4) is 0 Å². The highest BCUT2D eigenvalue weighted by Crippen LogP contribution is 2.22. The molecule has 2 saturated heterocycles. The van der Waals surface area contributed by atoms with E-state index in [1.165, 1.54) is 6.26 Å². The van der Waals surface area contributed by atoms with Crippen molar-refractivity contribution in [2.45, 2.75) is 51.6 Å². The van der Waals surface area contributed by atoms with Crippen LogP contribution in [0.2, 0.25) is 0 Å². The van der Waals surface area contributed by atoms with Crippen LogP contribution >= 0.6 is 0 Å². The number of sulfonamides is 1. The van der Waals surface area contributed by atoms with Crippen molar-refractivity contribution >= 4 is 22.4 Å². The van der Waals surface area contributed by atoms with Crippen LogP contribution < -0.4 is 4.72 Å². The summed E-state index contributed by atoms with van der Waals surface area (Å²) in [7, 11) is -3.16. The Morgan fingerprint density at radius 2 is 1.76 bits per heavy atom. The van der Waals surface area contributed by atoms with Gasteiger partial charge in [-0.25, -0.2) is 13.1 Å². The lowest BCUT2D eigenvalue weighted by Crippen LogP contribution is -2.51. The zero-order valence-electron chi connectivity index (χ0n) is 15.3. The molecule has 0 aromatic carbocycles. The maximum Gasteiger partial charge on any atom is 0.290 e. The number of carboxylic acid groups (broad SMARTS) is 1. The molecule has 2 N–H and O–H groups in total. The van der Waals surface area contributed by atoms with Crippen LogP contribution in [0.5, 0.6) is 0 Å². The second-order valence-electron chi connectivity index (χ2n) is 7.02. The van der Waals surface area contributed by atoms with Crippen molar-refractivity contribution in [1.82, 2.24) is 14.5 Å². The van der Waals surface area contributed by atoms with E-state index in [1.54, 1.807) is 0 Å². The molecule has 0 aliphatic carbocycles. The molecule has 0 radical (unpaired) electrons. The van der Waals surface area contributed by atoms with E-state index in [4.69, 9.17) is 9.90 Å². The first kappa shape index (κ1) is 21.9. The molecular formula is C16H31N3O5S. The third-order valence-electron chi connectivity index (χ3n) is 4.72. The van der Waals surface area contributed by atoms with Gasteiger partial charge in [-0.1, -0.05) is 0 Å². The first-order valence-corrected chi connectivity index (χ1v) is 10.6. The van der Waals surface area contributed by atoms with Gasteiger partial charge in [-0.2, -0.15) is 0 Å². The summed E-state index contributed by atoms with van der Waals surface area (Å²) in [6.07, 6.45) is 4.66. The van der Waals surface area contributed by atoms with Gasteiger partial charge in [-0.3, -0.25) is 9.59 Å². The summed E-state index contributed by atoms with van der Waals surface area (Å²) in [4.78, 5) is 25.3. The number of carbonyl (C=O) groups excluding carboxylic acids is 1. The van der Waals surface area contributed by atoms with E-state index < -0.39 is 10.0 Å². The van der Waals surface area contributed by atoms with Crippen LogP contribution in [0, 0.1) is 5.92 Å². The van der Waals surface area contributed by atoms with Crippen molar-refractivity contribution in [3.05, 3.63) is 0 Å². The molecule has 1 amide bonds. The van der Waals surface area contributed by atoms with Crippen molar-refractivity contribution < 1.29 is 23.1 Å². The molecule has 0 bridgehead atoms. The Morgan fingerprint density at radius 3 is 2.24 bits per heavy atom. The minimum absolute atomic E-state index is 0.0300. The molecule has 0 aromatic rings. The van der Waals surface area contributed by atoms with Gasteiger partial charge in [0.25, 0.3) is 6.47 Å². The average molecular weight is 378 g/mol. The highest BCUT2D eigenvalue weighted by atomic mass is 32.2. The topological polar surface area (TPSA) is 107 Å². The number of hydrogen-bond acceptors (Lipinski definition) is 5. The number of nitrogens with one attached hydrogen (secondary N) is 1. The summed E-state index contributed by atoms with van der Waals surface area (Å²) in [5, 5.41) is 6.89. The second-order valence-corrected chi connectivity index (χ2v) is 8.80. The molecule has 0 spiro atoms. The van der Waals surface area contributed by atoms with Gasteiger partial charge in [0, 0.05) is 31.7 Å². The van der Waals surface area contributed by atoms with Gasteiger partial charge in [-0.15, -0.1) is 0 Å². The van der Waals surface area contributed by atoms with Crippen LogP contribution in [0.25, 0.3) is 0 Å². The molecule has 1 atom stereocenters. The first-order valence-electron chi connectivity index (χ1n) is 8.76. The predicted molar refractivity (Wildman–Crippen MR) is 95.7 cm³/mol. The molecule has 2 aliphatic rings. The van der Waals surface area contributed by atoms with Gasteiger partial charge in [0.05, 0.1) is 12.2 Å². The molecule has 9 heteroatoms. The van der Waals surface area contributed by atoms with Crippen molar-refractivity contribution in [1.29, 1.82) is 0 Å². The Morgan fingerprint density at radius 1 is 1.20 bits per heavy atom. The fraction of sp³-hybridized carbons (Fsp3) is 0.875. The fourth-order valence-electron chi connectivity index (χ4n) is 3.46. The van der Waals surface area contributed by atoms with Crippen molar-refractivity contribution in [2.24, 2.45) is 5.92 Å². The highest BCUT2D eigenvalue weighted by molar-refractivity contribution is 7.88. The lowest BCUT2D eigenvalue weighted by molar-refractivity contribution is -0.138. The molecule has 2 aliphatic heterocycles. The zero-order valence-corrected chi connectivity index (χ0v) is 16.2. The van der Waals surface area contributed by atoms with E-state index in [-0.39, 0.29) is 24.3 Å². The van der Waals surface area contributed by atoms with E-state index in [0.29, 0.717) is 32.0 Å². The molecule has 2 fully saturated rings. The Balaban J connectivity index is 0.000000970. The normalized spacial score (nSPS) is 23.0. The third-order valence-corrected chi connectivity index (χ3v) is 5.48. The van der Waals surface area contributed by atoms with Crippen LogP contribution in [0.4, 0.5) is 0 Å². The lowest BCUT2D eigenvalue weighted by Gasteiger charge is -2.39. The molecule has 25 heavy (non-hydrogen) atoms. The quantitative estimate of drug-likeness (QED) is 0.685. The van der Waals surface area contributed by atoms with E-state index >= 15 is 0 Å². The molecule has 1 unspecified atom stereocenters. The SMILES string of the molecule is CC(C)N1CCCC(C(=O)N2CCC(NS(C)(=O)=O)CC2)C1.O=CO. The molecule has 146 valence electrons. The van der Waals surface area contributed by atoms with Crippen molar-refractivity contribution in [3.8, 4) is 0 Å². The van der Waals surface area contributed by atoms with Crippen LogP contribution in [0.15, 0.2) is 0 Å². The van der Waals surface area contributed by atoms with Gasteiger partial charge in [0.2, 0.25) is 15.9 Å². The Kier molecular flexibility index (Phi) is 8.81. The maximum absolute atomic E-state index is 12.7. The first-order chi connectivity index (χ1) is 11.7. The summed E-state index contributed by atoms with van der Waals surface area (Å²) >= 11 is 0. The summed E-state index contributed by atoms with van der Waals surface area (Å²) in [5.74, 6) is 0.360. The van der Waals surface area contributed by atoms with Crippen molar-refractivity contribution in [2.75, 3.05) is 32.4 Å². The van der Waals surface area contributed by atoms with E-state index in [1.807, 2.05) is 4.90 Å². The zero-order chi connectivity index (χ0) is 19.0. The van der Waals surface area contributed by atoms with Crippen molar-refractivity contribution in [3.63, 3.8) is 0 Å². The molecule has 0 aromatic heterocycles. The maximum atomic E-state index is 12.7. The number of likely N-dealkylation sites (tertiary alicyclic amines) is 2. The summed E-state index contributed by atoms with van der Waals surface area (Å²) in [5.41, 5.74) is 0. The van der Waals surface area contributed by atoms with Gasteiger partial charge >= 0.3 is 0 Å². The Labute approximate surface area is 150 Å². The Hall–Kier alpha value is -1.19. The smallest absolute Gasteiger partial charge is 0.290 e. The van der Waals surface area contributed by atoms with Gasteiger partial charge in [0.15, 0.2) is 0 Å². The largest absolute Gasteiger partial charge is 0.483 e. The summed E-state index contributed by atoms with van der Waals surface area (Å²) in [6.45, 7) is 7.36. The van der Waals surface area contributed by atoms with Crippen LogP contribution in [-0.4, -0.2) is 80.2 Å². The molecular weight excluding hydrogens is 346 g/mol. The molecule has 0 saturated carbocycles. The van der Waals surface area contributed by atoms with Crippen LogP contribution in [-0.2, 0) is 19.6 Å². The number of rotatable bonds is 4. The third kappa shape index (κ3) is 7.70. The minimum atomic E-state index is -3.16. The predicted octanol–water partition coefficient (Wildman–Crippen LogP) is 0.348. The number of hydrogen-bond donors (Lipinski definition) is 2. The average Bonchev–Trinajstić information content (AvgIpc) is 2.54. The number of carbonyl (C=O) groups is 2. The monoisotopic (exact) mass is 377 g/mol. The Bertz CT molecular complexity index is 530. The molecule has 2 rings (SSSR count). The van der Waals surface area contributed by atoms with Gasteiger partial charge in [-0.05, 0) is 46.1 Å². The molecule has 8 nitrogen and oxygen atoms in total. The number of amides is 1. The summed E-state index contributed by atoms with van der Waals surface area (Å²) < 4.78 is 25.2. The van der Waals surface area contributed by atoms with Gasteiger partial charge in [0.1, 0.15) is 0 Å². The number of piperidine rings is 2. The summed E-state index contributed by atoms with van der Waals surface area (Å²) in [6, 6.07) is 0.456. The standard InChI is InChI=1S/C15H29N3O3S.CH2O2/c1-12(2)18-8-4-5-13(11-18)15(19)17-9-6-14(7-10-17)16-22(3,20)21;2-1-3/h12-14,16H,4-11H2,1-3H3;1H,(H,2,3). The van der Waals surface area contributed by atoms with Gasteiger partial charge < -0.3 is 14.9 Å².